The largest absolute Gasteiger partial charge is 0.496 e. The quantitative estimate of drug-likeness (QED) is 0.372. The molecule has 1 heterocycles. The third-order valence-electron chi connectivity index (χ3n) is 4.52. The first kappa shape index (κ1) is 32.5. The van der Waals surface area contributed by atoms with Gasteiger partial charge in [0.1, 0.15) is 11.9 Å². The number of nitrogens with zero attached hydrogens (tertiary/aromatic N) is 2. The van der Waals surface area contributed by atoms with Crippen molar-refractivity contribution in [2.45, 2.75) is 52.1 Å². The number of aryl methyl sites for hydroxylation is 1. The highest BCUT2D eigenvalue weighted by atomic mass is 16.6. The minimum absolute atomic E-state index is 0.208. The van der Waals surface area contributed by atoms with E-state index in [2.05, 4.69) is 58.4 Å². The van der Waals surface area contributed by atoms with E-state index >= 15 is 0 Å². The molecule has 1 aromatic heterocycles. The van der Waals surface area contributed by atoms with E-state index in [1.54, 1.807) is 13.3 Å². The van der Waals surface area contributed by atoms with Crippen LogP contribution in [0.4, 0.5) is 9.59 Å². The van der Waals surface area contributed by atoms with Crippen LogP contribution in [0, 0.1) is 11.3 Å². The topological polar surface area (TPSA) is 180 Å². The number of oxazole rings is 1. The second kappa shape index (κ2) is 20.8. The maximum Gasteiger partial charge on any atom is 0.404 e. The fraction of sp³-hybridized carbons (Fsp3) is 0.333. The van der Waals surface area contributed by atoms with Crippen molar-refractivity contribution < 1.29 is 23.5 Å². The molecule has 10 heteroatoms. The lowest BCUT2D eigenvalue weighted by atomic mass is 10.1. The molecule has 3 aromatic rings. The van der Waals surface area contributed by atoms with Gasteiger partial charge in [-0.1, -0.05) is 62.7 Å². The predicted molar refractivity (Wildman–Crippen MR) is 142 cm³/mol. The van der Waals surface area contributed by atoms with Crippen LogP contribution < -0.4 is 21.9 Å². The summed E-state index contributed by atoms with van der Waals surface area (Å²) in [4.78, 5) is 23.0. The van der Waals surface area contributed by atoms with Gasteiger partial charge in [0.05, 0.1) is 31.4 Å². The van der Waals surface area contributed by atoms with Gasteiger partial charge in [-0.15, -0.1) is 0 Å². The lowest BCUT2D eigenvalue weighted by Gasteiger charge is -2.09. The molecular weight excluding hydrogens is 474 g/mol. The van der Waals surface area contributed by atoms with E-state index in [4.69, 9.17) is 24.9 Å². The zero-order chi connectivity index (χ0) is 27.9. The van der Waals surface area contributed by atoms with E-state index in [0.29, 0.717) is 6.42 Å². The third-order valence-corrected chi connectivity index (χ3v) is 4.52. The van der Waals surface area contributed by atoms with Crippen molar-refractivity contribution in [3.8, 4) is 23.1 Å². The van der Waals surface area contributed by atoms with Crippen LogP contribution in [0.25, 0.3) is 11.3 Å². The molecule has 0 radical (unpaired) electrons. The monoisotopic (exact) mass is 511 g/mol. The lowest BCUT2D eigenvalue weighted by molar-refractivity contribution is 0.106. The Bertz CT molecular complexity index is 1030. The molecule has 0 aliphatic carbocycles. The Balaban J connectivity index is 0.000000496. The van der Waals surface area contributed by atoms with E-state index in [0.717, 1.165) is 17.1 Å². The van der Waals surface area contributed by atoms with Gasteiger partial charge in [0.15, 0.2) is 12.2 Å². The van der Waals surface area contributed by atoms with Crippen LogP contribution in [0.15, 0.2) is 71.6 Å². The molecule has 3 amide bonds. The van der Waals surface area contributed by atoms with Crippen molar-refractivity contribution in [1.82, 2.24) is 4.98 Å². The first-order valence-corrected chi connectivity index (χ1v) is 11.7. The first-order valence-electron chi connectivity index (χ1n) is 11.7. The van der Waals surface area contributed by atoms with Crippen molar-refractivity contribution in [2.75, 3.05) is 7.11 Å². The number of hydrogen-bond donors (Lipinski definition) is 3. The third kappa shape index (κ3) is 16.7. The minimum atomic E-state index is -0.833. The number of aromatic nitrogens is 1. The number of nitriles is 1. The SMILES string of the molecule is CCC(CC#N)OC(N)=O.CCCCc1ccccc1.COc1ccccc1-c1cnco1.NC(N)=O. The molecule has 0 saturated heterocycles. The van der Waals surface area contributed by atoms with Gasteiger partial charge in [-0.3, -0.25) is 0 Å². The van der Waals surface area contributed by atoms with Crippen molar-refractivity contribution in [2.24, 2.45) is 17.2 Å². The highest BCUT2D eigenvalue weighted by Crippen LogP contribution is 2.28. The highest BCUT2D eigenvalue weighted by Gasteiger charge is 2.08. The van der Waals surface area contributed by atoms with Gasteiger partial charge < -0.3 is 31.1 Å². The molecular formula is C27H37N5O5. The molecule has 2 aromatic carbocycles. The summed E-state index contributed by atoms with van der Waals surface area (Å²) in [6.45, 7) is 4.05. The molecule has 0 saturated carbocycles. The number of methoxy groups -OCH3 is 1. The maximum absolute atomic E-state index is 10.1. The van der Waals surface area contributed by atoms with E-state index in [-0.39, 0.29) is 12.5 Å². The minimum Gasteiger partial charge on any atom is -0.496 e. The van der Waals surface area contributed by atoms with Crippen LogP contribution in [0.2, 0.25) is 0 Å². The summed E-state index contributed by atoms with van der Waals surface area (Å²) in [7, 11) is 1.63. The van der Waals surface area contributed by atoms with Crippen LogP contribution in [-0.2, 0) is 11.2 Å². The van der Waals surface area contributed by atoms with Gasteiger partial charge >= 0.3 is 12.1 Å². The number of urea groups is 1. The Hall–Kier alpha value is -4.52. The van der Waals surface area contributed by atoms with Gasteiger partial charge in [-0.25, -0.2) is 14.6 Å². The van der Waals surface area contributed by atoms with E-state index < -0.39 is 12.1 Å². The van der Waals surface area contributed by atoms with Gasteiger partial charge in [0.2, 0.25) is 0 Å². The molecule has 1 atom stereocenters. The summed E-state index contributed by atoms with van der Waals surface area (Å²) in [6.07, 6.45) is 6.57. The highest BCUT2D eigenvalue weighted by molar-refractivity contribution is 5.69. The van der Waals surface area contributed by atoms with Crippen LogP contribution in [-0.4, -0.2) is 30.3 Å². The van der Waals surface area contributed by atoms with Gasteiger partial charge in [0, 0.05) is 0 Å². The van der Waals surface area contributed by atoms with E-state index in [1.165, 1.54) is 31.2 Å². The van der Waals surface area contributed by atoms with Crippen molar-refractivity contribution in [3.05, 3.63) is 72.8 Å². The lowest BCUT2D eigenvalue weighted by Crippen LogP contribution is -2.21. The summed E-state index contributed by atoms with van der Waals surface area (Å²) in [5.41, 5.74) is 15.6. The van der Waals surface area contributed by atoms with Crippen LogP contribution in [0.3, 0.4) is 0 Å². The molecule has 37 heavy (non-hydrogen) atoms. The Morgan fingerprint density at radius 2 is 1.68 bits per heavy atom. The average molecular weight is 512 g/mol. The van der Waals surface area contributed by atoms with Crippen LogP contribution >= 0.6 is 0 Å². The normalized spacial score (nSPS) is 9.89. The molecule has 0 aliphatic rings. The molecule has 10 nitrogen and oxygen atoms in total. The fourth-order valence-electron chi connectivity index (χ4n) is 2.76. The molecule has 200 valence electrons. The van der Waals surface area contributed by atoms with Gasteiger partial charge in [-0.2, -0.15) is 5.26 Å². The Morgan fingerprint density at radius 3 is 2.16 bits per heavy atom. The fourth-order valence-corrected chi connectivity index (χ4v) is 2.76. The number of carbonyl (C=O) groups excluding carboxylic acids is 2. The van der Waals surface area contributed by atoms with Gasteiger partial charge in [-0.05, 0) is 37.0 Å². The Labute approximate surface area is 218 Å². The van der Waals surface area contributed by atoms with E-state index in [1.807, 2.05) is 37.3 Å². The number of carbonyl (C=O) groups is 2. The molecule has 0 aliphatic heterocycles. The number of rotatable bonds is 8. The molecule has 1 unspecified atom stereocenters. The number of para-hydroxylation sites is 1. The zero-order valence-electron chi connectivity index (χ0n) is 21.6. The second-order valence-electron chi connectivity index (χ2n) is 7.39. The summed E-state index contributed by atoms with van der Waals surface area (Å²) in [5, 5.41) is 8.20. The predicted octanol–water partition coefficient (Wildman–Crippen LogP) is 5.18. The maximum atomic E-state index is 10.1. The second-order valence-corrected chi connectivity index (χ2v) is 7.39. The summed E-state index contributed by atoms with van der Waals surface area (Å²) < 4.78 is 14.9. The number of benzene rings is 2. The number of primary amides is 3. The summed E-state index contributed by atoms with van der Waals surface area (Å²) >= 11 is 0. The average Bonchev–Trinajstić information content (AvgIpc) is 3.43. The van der Waals surface area contributed by atoms with Gasteiger partial charge in [0.25, 0.3) is 0 Å². The van der Waals surface area contributed by atoms with Crippen molar-refractivity contribution >= 4 is 12.1 Å². The summed E-state index contributed by atoms with van der Waals surface area (Å²) in [6, 6.07) is 19.4. The molecule has 0 bridgehead atoms. The van der Waals surface area contributed by atoms with E-state index in [9.17, 15) is 4.79 Å². The van der Waals surface area contributed by atoms with Crippen LogP contribution in [0.5, 0.6) is 5.75 Å². The number of ether oxygens (including phenoxy) is 2. The smallest absolute Gasteiger partial charge is 0.404 e. The molecule has 0 spiro atoms. The number of nitrogens with two attached hydrogens (primary N) is 3. The van der Waals surface area contributed by atoms with Crippen molar-refractivity contribution in [3.63, 3.8) is 0 Å². The molecule has 0 fully saturated rings. The Morgan fingerprint density at radius 1 is 1.05 bits per heavy atom. The first-order chi connectivity index (χ1) is 17.8. The van der Waals surface area contributed by atoms with Crippen LogP contribution in [0.1, 0.15) is 45.1 Å². The molecule has 6 N–H and O–H groups in total. The standard InChI is InChI=1S/C10H9NO2.C10H14.C6H10N2O2.CH4N2O/c1-12-9-5-3-2-4-8(9)10-6-11-7-13-10;1-2-3-7-10-8-5-4-6-9-10;1-2-5(3-4-7)10-6(8)9;2-1(3)4/h2-7H,1H3;4-6,8-9H,2-3,7H2,1H3;5H,2-3H2,1H3,(H2,8,9);(H4,2,3,4). The number of amides is 3. The number of hydrogen-bond acceptors (Lipinski definition) is 7. The number of unbranched alkanes of at least 4 members (excludes halogenated alkanes) is 1. The van der Waals surface area contributed by atoms with Crippen molar-refractivity contribution in [1.29, 1.82) is 5.26 Å². The molecule has 3 rings (SSSR count). The zero-order valence-corrected chi connectivity index (χ0v) is 21.6. The summed E-state index contributed by atoms with van der Waals surface area (Å²) in [5.74, 6) is 1.51. The Kier molecular flexibility index (Phi) is 18.3.